The standard InChI is InChI=1S/C17H13N7O.C4H5N/c18-17-12-8-20-16(21-9-25)6-10(12)5-15(23-17)13-7-19-3-1-11(13)14-2-4-22-24-14;5-3-4-1-2-4/h1-9H,(H2,18,23)(H,22,24)(H,20,21,25);4H,1-2H2. The summed E-state index contributed by atoms with van der Waals surface area (Å²) in [5.74, 6) is 1.24. The number of aromatic nitrogens is 5. The van der Waals surface area contributed by atoms with Crippen LogP contribution in [0.1, 0.15) is 12.8 Å². The van der Waals surface area contributed by atoms with Crippen LogP contribution in [0.3, 0.4) is 0 Å². The van der Waals surface area contributed by atoms with E-state index in [1.54, 1.807) is 30.9 Å². The van der Waals surface area contributed by atoms with E-state index in [2.05, 4.69) is 36.5 Å². The van der Waals surface area contributed by atoms with Crippen molar-refractivity contribution in [1.29, 1.82) is 5.26 Å². The van der Waals surface area contributed by atoms with Crippen LogP contribution in [0.5, 0.6) is 0 Å². The topological polar surface area (TPSA) is 146 Å². The number of hydrogen-bond acceptors (Lipinski definition) is 7. The maximum absolute atomic E-state index is 10.6. The fourth-order valence-corrected chi connectivity index (χ4v) is 2.90. The van der Waals surface area contributed by atoms with E-state index in [4.69, 9.17) is 11.0 Å². The number of hydrogen-bond donors (Lipinski definition) is 3. The molecule has 0 atom stereocenters. The van der Waals surface area contributed by atoms with Crippen molar-refractivity contribution in [1.82, 2.24) is 25.1 Å². The maximum atomic E-state index is 10.6. The van der Waals surface area contributed by atoms with Gasteiger partial charge in [-0.25, -0.2) is 9.97 Å². The summed E-state index contributed by atoms with van der Waals surface area (Å²) >= 11 is 0. The molecule has 0 saturated heterocycles. The molecule has 1 amide bonds. The number of nitrogens with two attached hydrogens (primary N) is 1. The van der Waals surface area contributed by atoms with Crippen molar-refractivity contribution in [2.75, 3.05) is 11.1 Å². The Morgan fingerprint density at radius 1 is 1.20 bits per heavy atom. The summed E-state index contributed by atoms with van der Waals surface area (Å²) in [6.45, 7) is 0. The van der Waals surface area contributed by atoms with Crippen LogP contribution in [0, 0.1) is 17.2 Å². The number of rotatable bonds is 4. The number of carbonyl (C=O) groups excluding carboxylic acids is 1. The van der Waals surface area contributed by atoms with Crippen molar-refractivity contribution in [2.45, 2.75) is 12.8 Å². The number of anilines is 2. The van der Waals surface area contributed by atoms with E-state index in [1.165, 1.54) is 0 Å². The molecule has 4 aromatic rings. The molecule has 1 aliphatic carbocycles. The molecule has 9 nitrogen and oxygen atoms in total. The summed E-state index contributed by atoms with van der Waals surface area (Å²) in [4.78, 5) is 23.5. The van der Waals surface area contributed by atoms with E-state index < -0.39 is 0 Å². The average molecular weight is 398 g/mol. The van der Waals surface area contributed by atoms with Crippen molar-refractivity contribution in [3.63, 3.8) is 0 Å². The fourth-order valence-electron chi connectivity index (χ4n) is 2.90. The summed E-state index contributed by atoms with van der Waals surface area (Å²) in [7, 11) is 0. The van der Waals surface area contributed by atoms with Crippen LogP contribution in [-0.4, -0.2) is 31.6 Å². The number of H-pyrrole nitrogens is 1. The van der Waals surface area contributed by atoms with Gasteiger partial charge < -0.3 is 11.1 Å². The van der Waals surface area contributed by atoms with Crippen LogP contribution in [0.15, 0.2) is 49.1 Å². The van der Waals surface area contributed by atoms with Gasteiger partial charge in [0, 0.05) is 47.2 Å². The Balaban J connectivity index is 0.000000383. The highest BCUT2D eigenvalue weighted by Crippen LogP contribution is 2.32. The Hall–Kier alpha value is -4.32. The molecule has 4 heterocycles. The van der Waals surface area contributed by atoms with Gasteiger partial charge in [-0.15, -0.1) is 0 Å². The minimum atomic E-state index is 0.358. The van der Waals surface area contributed by atoms with Gasteiger partial charge in [0.15, 0.2) is 0 Å². The third kappa shape index (κ3) is 4.07. The molecule has 0 radical (unpaired) electrons. The number of pyridine rings is 3. The molecular weight excluding hydrogens is 380 g/mol. The van der Waals surface area contributed by atoms with Crippen LogP contribution in [0.4, 0.5) is 11.6 Å². The van der Waals surface area contributed by atoms with Crippen LogP contribution in [0.2, 0.25) is 0 Å². The van der Waals surface area contributed by atoms with E-state index >= 15 is 0 Å². The quantitative estimate of drug-likeness (QED) is 0.447. The van der Waals surface area contributed by atoms with Crippen molar-refractivity contribution >= 4 is 28.8 Å². The average Bonchev–Trinajstić information content (AvgIpc) is 3.46. The van der Waals surface area contributed by atoms with E-state index in [1.807, 2.05) is 18.2 Å². The van der Waals surface area contributed by atoms with Gasteiger partial charge in [-0.1, -0.05) is 0 Å². The smallest absolute Gasteiger partial charge is 0.212 e. The molecular formula is C21H18N8O. The molecule has 1 fully saturated rings. The van der Waals surface area contributed by atoms with Crippen LogP contribution < -0.4 is 11.1 Å². The Bertz CT molecular complexity index is 1230. The molecule has 0 unspecified atom stereocenters. The second-order valence-corrected chi connectivity index (χ2v) is 6.74. The van der Waals surface area contributed by atoms with Gasteiger partial charge >= 0.3 is 0 Å². The number of nitriles is 1. The second kappa shape index (κ2) is 8.36. The Morgan fingerprint density at radius 3 is 2.73 bits per heavy atom. The Labute approximate surface area is 172 Å². The van der Waals surface area contributed by atoms with Crippen molar-refractivity contribution in [2.24, 2.45) is 5.92 Å². The molecule has 0 bridgehead atoms. The largest absolute Gasteiger partial charge is 0.383 e. The highest BCUT2D eigenvalue weighted by Gasteiger charge is 2.19. The first-order valence-corrected chi connectivity index (χ1v) is 9.30. The minimum absolute atomic E-state index is 0.358. The van der Waals surface area contributed by atoms with E-state index in [-0.39, 0.29) is 0 Å². The first-order valence-electron chi connectivity index (χ1n) is 9.30. The van der Waals surface area contributed by atoms with Crippen LogP contribution in [0.25, 0.3) is 33.3 Å². The zero-order chi connectivity index (χ0) is 20.9. The number of nitrogens with zero attached hydrogens (tertiary/aromatic N) is 5. The van der Waals surface area contributed by atoms with Crippen LogP contribution >= 0.6 is 0 Å². The molecule has 5 rings (SSSR count). The predicted molar refractivity (Wildman–Crippen MR) is 113 cm³/mol. The predicted octanol–water partition coefficient (Wildman–Crippen LogP) is 3.15. The van der Waals surface area contributed by atoms with Crippen molar-refractivity contribution in [3.8, 4) is 28.6 Å². The maximum Gasteiger partial charge on any atom is 0.212 e. The van der Waals surface area contributed by atoms with Crippen molar-refractivity contribution < 1.29 is 4.79 Å². The summed E-state index contributed by atoms with van der Waals surface area (Å²) in [6.07, 6.45) is 9.59. The molecule has 1 aliphatic rings. The lowest BCUT2D eigenvalue weighted by molar-refractivity contribution is -0.105. The lowest BCUT2D eigenvalue weighted by Crippen LogP contribution is -1.99. The summed E-state index contributed by atoms with van der Waals surface area (Å²) in [5.41, 5.74) is 9.37. The molecule has 30 heavy (non-hydrogen) atoms. The molecule has 0 aliphatic heterocycles. The molecule has 0 aromatic carbocycles. The first kappa shape index (κ1) is 19.0. The molecule has 9 heteroatoms. The molecule has 1 saturated carbocycles. The lowest BCUT2D eigenvalue weighted by atomic mass is 10.0. The monoisotopic (exact) mass is 398 g/mol. The van der Waals surface area contributed by atoms with E-state index in [0.717, 1.165) is 35.0 Å². The normalized spacial score (nSPS) is 12.5. The number of fused-ring (bicyclic) bond motifs is 1. The van der Waals surface area contributed by atoms with Crippen LogP contribution in [-0.2, 0) is 4.79 Å². The highest BCUT2D eigenvalue weighted by atomic mass is 16.1. The van der Waals surface area contributed by atoms with E-state index in [0.29, 0.717) is 35.0 Å². The molecule has 0 spiro atoms. The number of amides is 1. The van der Waals surface area contributed by atoms with Gasteiger partial charge in [0.25, 0.3) is 0 Å². The molecule has 148 valence electrons. The van der Waals surface area contributed by atoms with Gasteiger partial charge in [-0.3, -0.25) is 14.9 Å². The van der Waals surface area contributed by atoms with Gasteiger partial charge in [-0.05, 0) is 42.5 Å². The summed E-state index contributed by atoms with van der Waals surface area (Å²) in [6, 6.07) is 9.54. The Morgan fingerprint density at radius 2 is 2.07 bits per heavy atom. The zero-order valence-corrected chi connectivity index (χ0v) is 15.9. The lowest BCUT2D eigenvalue weighted by Gasteiger charge is -2.10. The van der Waals surface area contributed by atoms with Gasteiger partial charge in [-0.2, -0.15) is 10.4 Å². The second-order valence-electron chi connectivity index (χ2n) is 6.74. The zero-order valence-electron chi connectivity index (χ0n) is 15.9. The third-order valence-corrected chi connectivity index (χ3v) is 4.60. The van der Waals surface area contributed by atoms with Gasteiger partial charge in [0.05, 0.1) is 17.5 Å². The number of nitrogens with one attached hydrogen (secondary N) is 2. The number of nitrogen functional groups attached to an aromatic ring is 1. The molecule has 4 aromatic heterocycles. The number of carbonyl (C=O) groups is 1. The SMILES string of the molecule is N#CC1CC1.Nc1nc(-c2cnccc2-c2ccn[nH]2)cc2cc(NC=O)ncc12. The van der Waals surface area contributed by atoms with E-state index in [9.17, 15) is 4.79 Å². The first-order chi connectivity index (χ1) is 14.7. The molecule has 4 N–H and O–H groups in total. The van der Waals surface area contributed by atoms with Gasteiger partial charge in [0.2, 0.25) is 6.41 Å². The van der Waals surface area contributed by atoms with Crippen molar-refractivity contribution in [3.05, 3.63) is 49.1 Å². The fraction of sp³-hybridized carbons (Fsp3) is 0.143. The third-order valence-electron chi connectivity index (χ3n) is 4.60. The number of aromatic amines is 1. The summed E-state index contributed by atoms with van der Waals surface area (Å²) in [5, 5.41) is 19.0. The Kier molecular flexibility index (Phi) is 5.30. The minimum Gasteiger partial charge on any atom is -0.383 e. The highest BCUT2D eigenvalue weighted by molar-refractivity contribution is 5.96. The van der Waals surface area contributed by atoms with Gasteiger partial charge in [0.1, 0.15) is 11.6 Å². The summed E-state index contributed by atoms with van der Waals surface area (Å²) < 4.78 is 0.